The van der Waals surface area contributed by atoms with Gasteiger partial charge in [-0.2, -0.15) is 0 Å². The summed E-state index contributed by atoms with van der Waals surface area (Å²) in [6.07, 6.45) is 8.45. The van der Waals surface area contributed by atoms with E-state index < -0.39 is 0 Å². The molecule has 1 fully saturated rings. The van der Waals surface area contributed by atoms with E-state index in [1.807, 2.05) is 7.05 Å². The monoisotopic (exact) mass is 226 g/mol. The maximum atomic E-state index is 3.67. The summed E-state index contributed by atoms with van der Waals surface area (Å²) in [6.45, 7) is 8.27. The smallest absolute Gasteiger partial charge is 0.000791 e. The van der Waals surface area contributed by atoms with Gasteiger partial charge in [-0.15, -0.1) is 0 Å². The molecule has 0 aromatic heterocycles. The van der Waals surface area contributed by atoms with Gasteiger partial charge in [0.15, 0.2) is 0 Å². The first-order chi connectivity index (χ1) is 7.68. The van der Waals surface area contributed by atoms with Crippen LogP contribution in [-0.2, 0) is 0 Å². The number of hydrogen-bond acceptors (Lipinski definition) is 2. The fourth-order valence-corrected chi connectivity index (χ4v) is 3.19. The van der Waals surface area contributed by atoms with Crippen LogP contribution in [0.4, 0.5) is 0 Å². The fourth-order valence-electron chi connectivity index (χ4n) is 3.19. The summed E-state index contributed by atoms with van der Waals surface area (Å²) in [5, 5.41) is 6.87. The Kier molecular flexibility index (Phi) is 6.37. The molecule has 96 valence electrons. The zero-order valence-corrected chi connectivity index (χ0v) is 11.4. The molecule has 0 aromatic carbocycles. The van der Waals surface area contributed by atoms with Crippen molar-refractivity contribution in [1.82, 2.24) is 10.6 Å². The molecule has 2 nitrogen and oxygen atoms in total. The van der Waals surface area contributed by atoms with Gasteiger partial charge in [0.2, 0.25) is 0 Å². The number of hydrogen-bond donors (Lipinski definition) is 2. The quantitative estimate of drug-likeness (QED) is 0.622. The molecule has 0 spiro atoms. The molecule has 1 aliphatic carbocycles. The Morgan fingerprint density at radius 2 is 1.81 bits per heavy atom. The molecular formula is C14H30N2. The van der Waals surface area contributed by atoms with Crippen molar-refractivity contribution in [3.8, 4) is 0 Å². The van der Waals surface area contributed by atoms with Gasteiger partial charge in [-0.25, -0.2) is 0 Å². The summed E-state index contributed by atoms with van der Waals surface area (Å²) in [4.78, 5) is 0. The second-order valence-corrected chi connectivity index (χ2v) is 5.94. The molecule has 2 heteroatoms. The Morgan fingerprint density at radius 3 is 2.38 bits per heavy atom. The van der Waals surface area contributed by atoms with Crippen LogP contribution < -0.4 is 10.6 Å². The topological polar surface area (TPSA) is 24.1 Å². The molecule has 0 bridgehead atoms. The summed E-state index contributed by atoms with van der Waals surface area (Å²) in [6, 6.07) is 0. The first-order valence-electron chi connectivity index (χ1n) is 7.04. The van der Waals surface area contributed by atoms with Crippen LogP contribution in [0.1, 0.15) is 52.4 Å². The van der Waals surface area contributed by atoms with E-state index >= 15 is 0 Å². The third-order valence-electron chi connectivity index (χ3n) is 3.79. The Bertz CT molecular complexity index is 172. The maximum Gasteiger partial charge on any atom is 0.000791 e. The first-order valence-corrected chi connectivity index (χ1v) is 7.04. The maximum absolute atomic E-state index is 3.67. The van der Waals surface area contributed by atoms with Crippen LogP contribution in [0, 0.1) is 11.3 Å². The van der Waals surface area contributed by atoms with Crippen molar-refractivity contribution in [2.45, 2.75) is 52.4 Å². The second kappa shape index (κ2) is 7.29. The minimum absolute atomic E-state index is 0.633. The van der Waals surface area contributed by atoms with E-state index in [0.29, 0.717) is 5.41 Å². The Labute approximate surface area is 102 Å². The van der Waals surface area contributed by atoms with E-state index in [2.05, 4.69) is 24.5 Å². The van der Waals surface area contributed by atoms with Gasteiger partial charge in [-0.3, -0.25) is 0 Å². The highest BCUT2D eigenvalue weighted by molar-refractivity contribution is 4.87. The van der Waals surface area contributed by atoms with Gasteiger partial charge in [-0.05, 0) is 57.2 Å². The predicted octanol–water partition coefficient (Wildman–Crippen LogP) is 2.79. The SMILES string of the molecule is CNCCCNCC1(CC(C)C)CCCC1. The molecule has 0 atom stereocenters. The van der Waals surface area contributed by atoms with Gasteiger partial charge in [0, 0.05) is 6.54 Å². The minimum atomic E-state index is 0.633. The average molecular weight is 226 g/mol. The van der Waals surface area contributed by atoms with E-state index in [1.54, 1.807) is 0 Å². The Hall–Kier alpha value is -0.0800. The second-order valence-electron chi connectivity index (χ2n) is 5.94. The molecule has 16 heavy (non-hydrogen) atoms. The largest absolute Gasteiger partial charge is 0.320 e. The molecule has 0 unspecified atom stereocenters. The molecule has 1 saturated carbocycles. The molecule has 0 radical (unpaired) electrons. The van der Waals surface area contributed by atoms with Crippen LogP contribution in [0.5, 0.6) is 0 Å². The van der Waals surface area contributed by atoms with Crippen molar-refractivity contribution in [2.75, 3.05) is 26.7 Å². The summed E-state index contributed by atoms with van der Waals surface area (Å²) in [7, 11) is 2.03. The summed E-state index contributed by atoms with van der Waals surface area (Å²) < 4.78 is 0. The van der Waals surface area contributed by atoms with Crippen LogP contribution in [0.2, 0.25) is 0 Å². The Balaban J connectivity index is 2.22. The van der Waals surface area contributed by atoms with Gasteiger partial charge < -0.3 is 10.6 Å². The number of nitrogens with one attached hydrogen (secondary N) is 2. The lowest BCUT2D eigenvalue weighted by atomic mass is 9.78. The standard InChI is InChI=1S/C14H30N2/c1-13(2)11-14(7-4-5-8-14)12-16-10-6-9-15-3/h13,15-16H,4-12H2,1-3H3. The average Bonchev–Trinajstić information content (AvgIpc) is 2.65. The van der Waals surface area contributed by atoms with Crippen LogP contribution in [0.25, 0.3) is 0 Å². The molecule has 1 rings (SSSR count). The molecule has 0 amide bonds. The van der Waals surface area contributed by atoms with E-state index in [9.17, 15) is 0 Å². The molecule has 0 saturated heterocycles. The van der Waals surface area contributed by atoms with Crippen LogP contribution in [0.15, 0.2) is 0 Å². The first kappa shape index (κ1) is 14.0. The molecule has 0 aliphatic heterocycles. The van der Waals surface area contributed by atoms with E-state index in [1.165, 1.54) is 51.6 Å². The van der Waals surface area contributed by atoms with Gasteiger partial charge in [-0.1, -0.05) is 26.7 Å². The fraction of sp³-hybridized carbons (Fsp3) is 1.00. The van der Waals surface area contributed by atoms with E-state index in [4.69, 9.17) is 0 Å². The van der Waals surface area contributed by atoms with Gasteiger partial charge >= 0.3 is 0 Å². The molecule has 0 aromatic rings. The van der Waals surface area contributed by atoms with Crippen molar-refractivity contribution in [3.05, 3.63) is 0 Å². The zero-order valence-electron chi connectivity index (χ0n) is 11.4. The van der Waals surface area contributed by atoms with Crippen molar-refractivity contribution in [1.29, 1.82) is 0 Å². The van der Waals surface area contributed by atoms with E-state index in [-0.39, 0.29) is 0 Å². The van der Waals surface area contributed by atoms with Gasteiger partial charge in [0.05, 0.1) is 0 Å². The van der Waals surface area contributed by atoms with Crippen LogP contribution >= 0.6 is 0 Å². The molecular weight excluding hydrogens is 196 g/mol. The van der Waals surface area contributed by atoms with Gasteiger partial charge in [0.1, 0.15) is 0 Å². The molecule has 2 N–H and O–H groups in total. The highest BCUT2D eigenvalue weighted by Crippen LogP contribution is 2.42. The number of rotatable bonds is 8. The van der Waals surface area contributed by atoms with Crippen molar-refractivity contribution in [2.24, 2.45) is 11.3 Å². The highest BCUT2D eigenvalue weighted by Gasteiger charge is 2.33. The van der Waals surface area contributed by atoms with Crippen molar-refractivity contribution >= 4 is 0 Å². The minimum Gasteiger partial charge on any atom is -0.320 e. The predicted molar refractivity (Wildman–Crippen MR) is 71.8 cm³/mol. The summed E-state index contributed by atoms with van der Waals surface area (Å²) in [5.74, 6) is 0.845. The third kappa shape index (κ3) is 4.84. The van der Waals surface area contributed by atoms with Crippen molar-refractivity contribution in [3.63, 3.8) is 0 Å². The lowest BCUT2D eigenvalue weighted by Gasteiger charge is -2.31. The summed E-state index contributed by atoms with van der Waals surface area (Å²) in [5.41, 5.74) is 0.633. The highest BCUT2D eigenvalue weighted by atomic mass is 14.9. The van der Waals surface area contributed by atoms with Crippen molar-refractivity contribution < 1.29 is 0 Å². The Morgan fingerprint density at radius 1 is 1.12 bits per heavy atom. The zero-order chi connectivity index (χ0) is 11.9. The third-order valence-corrected chi connectivity index (χ3v) is 3.79. The lowest BCUT2D eigenvalue weighted by Crippen LogP contribution is -2.34. The lowest BCUT2D eigenvalue weighted by molar-refractivity contribution is 0.224. The van der Waals surface area contributed by atoms with E-state index in [0.717, 1.165) is 12.5 Å². The summed E-state index contributed by atoms with van der Waals surface area (Å²) >= 11 is 0. The normalized spacial score (nSPS) is 19.5. The molecule has 1 aliphatic rings. The van der Waals surface area contributed by atoms with Crippen LogP contribution in [0.3, 0.4) is 0 Å². The van der Waals surface area contributed by atoms with Gasteiger partial charge in [0.25, 0.3) is 0 Å². The van der Waals surface area contributed by atoms with Crippen LogP contribution in [-0.4, -0.2) is 26.7 Å². The molecule has 0 heterocycles.